The number of methoxy groups -OCH3 is 1. The first-order chi connectivity index (χ1) is 21.4. The maximum Gasteiger partial charge on any atom is 0.400 e. The molecule has 0 saturated heterocycles. The number of aliphatic hydroxyl groups excluding tert-OH is 1. The maximum absolute atomic E-state index is 10.2. The molecule has 3 aromatic carbocycles. The molecule has 0 amide bonds. The molecule has 0 aromatic heterocycles. The number of fused-ring (bicyclic) bond motifs is 1. The molecule has 0 aliphatic carbocycles. The van der Waals surface area contributed by atoms with Crippen LogP contribution in [0, 0.1) is 0 Å². The van der Waals surface area contributed by atoms with Gasteiger partial charge in [-0.2, -0.15) is 0 Å². The van der Waals surface area contributed by atoms with Gasteiger partial charge in [0.25, 0.3) is 0 Å². The van der Waals surface area contributed by atoms with Crippen LogP contribution in [0.2, 0.25) is 0 Å². The summed E-state index contributed by atoms with van der Waals surface area (Å²) in [5.41, 5.74) is 3.49. The van der Waals surface area contributed by atoms with Crippen molar-refractivity contribution in [3.05, 3.63) is 72.8 Å². The molecule has 0 saturated carbocycles. The van der Waals surface area contributed by atoms with Gasteiger partial charge in [0.05, 0.1) is 12.7 Å². The van der Waals surface area contributed by atoms with Gasteiger partial charge in [-0.15, -0.1) is 0 Å². The summed E-state index contributed by atoms with van der Waals surface area (Å²) in [7, 11) is 1.69. The number of likely N-dealkylation sites (N-methyl/N-ethyl adjacent to an activating group) is 1. The molecule has 3 aromatic rings. The van der Waals surface area contributed by atoms with E-state index in [9.17, 15) is 5.11 Å². The third kappa shape index (κ3) is 8.68. The Morgan fingerprint density at radius 3 is 2.16 bits per heavy atom. The van der Waals surface area contributed by atoms with Crippen molar-refractivity contribution in [1.82, 2.24) is 26.1 Å². The van der Waals surface area contributed by atoms with E-state index in [0.717, 1.165) is 23.6 Å². The van der Waals surface area contributed by atoms with Gasteiger partial charge in [-0.3, -0.25) is 20.4 Å². The zero-order chi connectivity index (χ0) is 31.8. The molecule has 0 aliphatic rings. The molecule has 2 atom stereocenters. The SMILES string of the molecule is CCCNC(NCCO)(N(CC)CC)C(Oc1ccccc1)(Oc1cccc2ccccc12)N(NCCCOC)OC(C)C. The standard InChI is InChI=1S/C34H53N5O5/c1-7-23-35-33(36-25-26-40,38(8-2)9-3)34(42-30-19-11-10-12-20-30,39(44-28(4)5)37-24-16-27-41-6)43-32-22-15-18-29-17-13-14-21-31(29)32/h10-15,17-22,28,35-37,40H,7-9,16,23-27H2,1-6H3. The molecule has 0 spiro atoms. The van der Waals surface area contributed by atoms with Gasteiger partial charge < -0.3 is 19.3 Å². The topological polar surface area (TPSA) is 99.7 Å². The number of nitrogens with one attached hydrogen (secondary N) is 3. The van der Waals surface area contributed by atoms with Gasteiger partial charge in [-0.05, 0) is 75.1 Å². The maximum atomic E-state index is 10.2. The highest BCUT2D eigenvalue weighted by Crippen LogP contribution is 2.38. The Hall–Kier alpha value is -2.80. The van der Waals surface area contributed by atoms with Crippen molar-refractivity contribution in [3.63, 3.8) is 0 Å². The summed E-state index contributed by atoms with van der Waals surface area (Å²) in [6, 6.07) is 23.7. The summed E-state index contributed by atoms with van der Waals surface area (Å²) >= 11 is 0. The number of ether oxygens (including phenoxy) is 3. The molecule has 44 heavy (non-hydrogen) atoms. The molecule has 0 fully saturated rings. The Morgan fingerprint density at radius 1 is 0.818 bits per heavy atom. The van der Waals surface area contributed by atoms with E-state index in [1.807, 2.05) is 74.5 Å². The lowest BCUT2D eigenvalue weighted by atomic mass is 10.1. The van der Waals surface area contributed by atoms with Crippen molar-refractivity contribution in [2.45, 2.75) is 65.3 Å². The molecule has 0 bridgehead atoms. The molecule has 2 unspecified atom stereocenters. The second-order valence-corrected chi connectivity index (χ2v) is 10.7. The van der Waals surface area contributed by atoms with Gasteiger partial charge in [0.15, 0.2) is 0 Å². The Labute approximate surface area is 263 Å². The normalized spacial score (nSPS) is 14.7. The minimum atomic E-state index is -1.76. The minimum absolute atomic E-state index is 0.0984. The van der Waals surface area contributed by atoms with Crippen molar-refractivity contribution in [3.8, 4) is 11.5 Å². The van der Waals surface area contributed by atoms with Crippen LogP contribution in [0.3, 0.4) is 0 Å². The van der Waals surface area contributed by atoms with E-state index in [2.05, 4.69) is 53.9 Å². The molecule has 10 nitrogen and oxygen atoms in total. The monoisotopic (exact) mass is 611 g/mol. The Balaban J connectivity index is 2.44. The highest BCUT2D eigenvalue weighted by molar-refractivity contribution is 5.88. The summed E-state index contributed by atoms with van der Waals surface area (Å²) in [5, 5.41) is 21.1. The summed E-state index contributed by atoms with van der Waals surface area (Å²) in [6.45, 7) is 13.4. The van der Waals surface area contributed by atoms with Crippen LogP contribution in [0.1, 0.15) is 47.5 Å². The molecular weight excluding hydrogens is 558 g/mol. The van der Waals surface area contributed by atoms with Crippen LogP contribution >= 0.6 is 0 Å². The van der Waals surface area contributed by atoms with Crippen molar-refractivity contribution in [1.29, 1.82) is 0 Å². The highest BCUT2D eigenvalue weighted by atomic mass is 16.8. The lowest BCUT2D eigenvalue weighted by Gasteiger charge is -2.56. The van der Waals surface area contributed by atoms with Crippen LogP contribution < -0.4 is 25.5 Å². The van der Waals surface area contributed by atoms with Gasteiger partial charge in [-0.25, -0.2) is 5.43 Å². The molecule has 10 heteroatoms. The Bertz CT molecular complexity index is 1200. The lowest BCUT2D eigenvalue weighted by Crippen LogP contribution is -2.88. The van der Waals surface area contributed by atoms with Crippen molar-refractivity contribution in [2.24, 2.45) is 0 Å². The largest absolute Gasteiger partial charge is 0.434 e. The van der Waals surface area contributed by atoms with Crippen molar-refractivity contribution < 1.29 is 24.2 Å². The first kappa shape index (κ1) is 35.7. The second-order valence-electron chi connectivity index (χ2n) is 10.7. The quantitative estimate of drug-likeness (QED) is 0.0726. The van der Waals surface area contributed by atoms with Crippen LogP contribution in [0.15, 0.2) is 72.8 Å². The van der Waals surface area contributed by atoms with Crippen LogP contribution in [0.4, 0.5) is 0 Å². The van der Waals surface area contributed by atoms with E-state index in [0.29, 0.717) is 44.3 Å². The molecule has 0 heterocycles. The summed E-state index contributed by atoms with van der Waals surface area (Å²) in [6.07, 6.45) is 1.30. The van der Waals surface area contributed by atoms with Gasteiger partial charge in [0.1, 0.15) is 11.5 Å². The predicted octanol–water partition coefficient (Wildman–Crippen LogP) is 4.71. The zero-order valence-electron chi connectivity index (χ0n) is 27.3. The minimum Gasteiger partial charge on any atom is -0.434 e. The van der Waals surface area contributed by atoms with E-state index in [1.54, 1.807) is 12.3 Å². The Kier molecular flexibility index (Phi) is 14.8. The number of nitrogens with zero attached hydrogens (tertiary/aromatic N) is 2. The third-order valence-electron chi connectivity index (χ3n) is 7.18. The number of hydroxylamine groups is 1. The predicted molar refractivity (Wildman–Crippen MR) is 176 cm³/mol. The van der Waals surface area contributed by atoms with E-state index in [1.165, 1.54) is 0 Å². The number of hydrogen-bond acceptors (Lipinski definition) is 10. The molecular formula is C34H53N5O5. The first-order valence-corrected chi connectivity index (χ1v) is 15.9. The lowest BCUT2D eigenvalue weighted by molar-refractivity contribution is -0.430. The molecule has 4 N–H and O–H groups in total. The fourth-order valence-corrected chi connectivity index (χ4v) is 5.25. The van der Waals surface area contributed by atoms with E-state index < -0.39 is 11.7 Å². The number of benzene rings is 3. The van der Waals surface area contributed by atoms with Gasteiger partial charge >= 0.3 is 5.91 Å². The summed E-state index contributed by atoms with van der Waals surface area (Å²) < 4.78 is 19.8. The number of hydrazine groups is 1. The van der Waals surface area contributed by atoms with Gasteiger partial charge in [-0.1, -0.05) is 75.4 Å². The van der Waals surface area contributed by atoms with Crippen LogP contribution in [-0.4, -0.2) is 86.0 Å². The van der Waals surface area contributed by atoms with Crippen molar-refractivity contribution >= 4 is 10.8 Å². The highest BCUT2D eigenvalue weighted by Gasteiger charge is 2.65. The number of aliphatic hydroxyl groups is 1. The number of para-hydroxylation sites is 1. The molecule has 244 valence electrons. The van der Waals surface area contributed by atoms with Gasteiger partial charge in [0, 0.05) is 32.2 Å². The smallest absolute Gasteiger partial charge is 0.400 e. The van der Waals surface area contributed by atoms with E-state index >= 15 is 0 Å². The summed E-state index contributed by atoms with van der Waals surface area (Å²) in [4.78, 5) is 8.83. The van der Waals surface area contributed by atoms with E-state index in [4.69, 9.17) is 19.0 Å². The first-order valence-electron chi connectivity index (χ1n) is 15.9. The zero-order valence-corrected chi connectivity index (χ0v) is 27.3. The van der Waals surface area contributed by atoms with E-state index in [-0.39, 0.29) is 19.3 Å². The number of rotatable bonds is 22. The molecule has 3 rings (SSSR count). The average Bonchev–Trinajstić information content (AvgIpc) is 3.04. The van der Waals surface area contributed by atoms with Gasteiger partial charge in [0.2, 0.25) is 5.79 Å². The average molecular weight is 612 g/mol. The molecule has 0 aliphatic heterocycles. The summed E-state index contributed by atoms with van der Waals surface area (Å²) in [5.74, 6) is -1.84. The molecule has 0 radical (unpaired) electrons. The van der Waals surface area contributed by atoms with Crippen LogP contribution in [-0.2, 0) is 9.57 Å². The second kappa shape index (κ2) is 18.2. The van der Waals surface area contributed by atoms with Crippen molar-refractivity contribution in [2.75, 3.05) is 53.0 Å². The third-order valence-corrected chi connectivity index (χ3v) is 7.18. The van der Waals surface area contributed by atoms with Crippen LogP contribution in [0.5, 0.6) is 11.5 Å². The Morgan fingerprint density at radius 2 is 1.50 bits per heavy atom. The number of hydrogen-bond donors (Lipinski definition) is 4. The fraction of sp³-hybridized carbons (Fsp3) is 0.529. The van der Waals surface area contributed by atoms with Crippen LogP contribution in [0.25, 0.3) is 10.8 Å². The fourth-order valence-electron chi connectivity index (χ4n) is 5.25.